The Bertz CT molecular complexity index is 576. The minimum atomic E-state index is 0.517. The number of nitrogens with two attached hydrogens (primary N) is 1. The van der Waals surface area contributed by atoms with Crippen molar-refractivity contribution < 1.29 is 9.40 Å². The van der Waals surface area contributed by atoms with Gasteiger partial charge in [-0.15, -0.1) is 0 Å². The van der Waals surface area contributed by atoms with Crippen LogP contribution in [0.1, 0.15) is 11.1 Å². The van der Waals surface area contributed by atoms with E-state index >= 15 is 0 Å². The molecule has 0 saturated heterocycles. The van der Waals surface area contributed by atoms with Crippen molar-refractivity contribution in [2.45, 2.75) is 0 Å². The molecule has 0 bridgehead atoms. The van der Waals surface area contributed by atoms with Gasteiger partial charge in [0.15, 0.2) is 12.4 Å². The molecule has 0 radical (unpaired) electrons. The van der Waals surface area contributed by atoms with Crippen LogP contribution in [0.2, 0.25) is 0 Å². The van der Waals surface area contributed by atoms with Crippen molar-refractivity contribution in [3.63, 3.8) is 0 Å². The van der Waals surface area contributed by atoms with Gasteiger partial charge in [0.1, 0.15) is 7.05 Å². The van der Waals surface area contributed by atoms with Crippen molar-refractivity contribution in [3.05, 3.63) is 59.9 Å². The van der Waals surface area contributed by atoms with Gasteiger partial charge in [0, 0.05) is 31.4 Å². The third kappa shape index (κ3) is 4.70. The van der Waals surface area contributed by atoms with Crippen LogP contribution in [-0.4, -0.2) is 20.2 Å². The average molecular weight is 284 g/mol. The fourth-order valence-corrected chi connectivity index (χ4v) is 1.97. The van der Waals surface area contributed by atoms with Crippen molar-refractivity contribution in [1.29, 1.82) is 0 Å². The Kier molecular flexibility index (Phi) is 5.49. The molecule has 0 saturated carbocycles. The molecule has 0 fully saturated rings. The smallest absolute Gasteiger partial charge is 0.169 e. The molecule has 1 heterocycles. The van der Waals surface area contributed by atoms with Crippen molar-refractivity contribution >= 4 is 17.8 Å². The van der Waals surface area contributed by atoms with Gasteiger partial charge >= 0.3 is 0 Å². The van der Waals surface area contributed by atoms with Gasteiger partial charge in [-0.25, -0.2) is 10.5 Å². The molecule has 110 valence electrons. The maximum Gasteiger partial charge on any atom is 0.169 e. The molecule has 21 heavy (non-hydrogen) atoms. The Morgan fingerprint density at radius 1 is 1.05 bits per heavy atom. The number of aromatic nitrogens is 1. The summed E-state index contributed by atoms with van der Waals surface area (Å²) in [4.78, 5) is 6.71. The highest BCUT2D eigenvalue weighted by molar-refractivity contribution is 5.70. The summed E-state index contributed by atoms with van der Waals surface area (Å²) in [6.45, 7) is 1.29. The Morgan fingerprint density at radius 3 is 2.19 bits per heavy atom. The maximum absolute atomic E-state index is 5.05. The Morgan fingerprint density at radius 2 is 1.62 bits per heavy atom. The van der Waals surface area contributed by atoms with Gasteiger partial charge in [-0.1, -0.05) is 24.3 Å². The largest absolute Gasteiger partial charge is 0.372 e. The number of nitrogens with zero attached hydrogens (tertiary/aromatic N) is 2. The lowest BCUT2D eigenvalue weighted by Crippen LogP contribution is -2.25. The number of benzene rings is 1. The molecular weight excluding hydrogens is 262 g/mol. The van der Waals surface area contributed by atoms with Crippen LogP contribution in [0.15, 0.2) is 48.8 Å². The molecule has 4 heteroatoms. The highest BCUT2D eigenvalue weighted by Crippen LogP contribution is 2.15. The Labute approximate surface area is 126 Å². The zero-order chi connectivity index (χ0) is 15.1. The third-order valence-corrected chi connectivity index (χ3v) is 3.35. The molecule has 4 nitrogen and oxygen atoms in total. The number of hydrogen-bond donors (Lipinski definition) is 1. The standard InChI is InChI=1S/C17H22N3O/c1-19-11-9-16(10-12-19)4-3-15-5-7-17(8-6-15)20(2)13-14-21-18/h3-12H,13-14,18H2,1-2H3/q+1. The van der Waals surface area contributed by atoms with E-state index in [1.54, 1.807) is 0 Å². The first-order valence-electron chi connectivity index (χ1n) is 6.95. The van der Waals surface area contributed by atoms with Crippen LogP contribution in [0.5, 0.6) is 0 Å². The van der Waals surface area contributed by atoms with Gasteiger partial charge in [-0.2, -0.15) is 0 Å². The summed E-state index contributed by atoms with van der Waals surface area (Å²) in [5, 5.41) is 0. The van der Waals surface area contributed by atoms with Crippen LogP contribution in [0.4, 0.5) is 5.69 Å². The lowest BCUT2D eigenvalue weighted by Gasteiger charge is -2.18. The van der Waals surface area contributed by atoms with Crippen LogP contribution in [0.3, 0.4) is 0 Å². The number of likely N-dealkylation sites (N-methyl/N-ethyl adjacent to an activating group) is 1. The second-order valence-corrected chi connectivity index (χ2v) is 5.01. The van der Waals surface area contributed by atoms with E-state index in [0.717, 1.165) is 12.2 Å². The van der Waals surface area contributed by atoms with E-state index in [1.165, 1.54) is 11.1 Å². The normalized spacial score (nSPS) is 11.0. The van der Waals surface area contributed by atoms with Crippen molar-refractivity contribution in [3.8, 4) is 0 Å². The molecule has 2 rings (SSSR count). The molecule has 2 N–H and O–H groups in total. The third-order valence-electron chi connectivity index (χ3n) is 3.35. The van der Waals surface area contributed by atoms with Crippen LogP contribution in [0, 0.1) is 0 Å². The van der Waals surface area contributed by atoms with Gasteiger partial charge in [-0.05, 0) is 23.3 Å². The van der Waals surface area contributed by atoms with Crippen molar-refractivity contribution in [2.24, 2.45) is 12.9 Å². The SMILES string of the molecule is CN(CCON)c1ccc(/C=C/c2cc[n+](C)cc2)cc1. The summed E-state index contributed by atoms with van der Waals surface area (Å²) >= 11 is 0. The first-order valence-corrected chi connectivity index (χ1v) is 6.95. The molecular formula is C17H22N3O+. The molecule has 0 amide bonds. The van der Waals surface area contributed by atoms with Crippen LogP contribution >= 0.6 is 0 Å². The summed E-state index contributed by atoms with van der Waals surface area (Å²) in [6, 6.07) is 12.6. The molecule has 0 unspecified atom stereocenters. The Hall–Kier alpha value is -2.17. The lowest BCUT2D eigenvalue weighted by molar-refractivity contribution is -0.671. The van der Waals surface area contributed by atoms with Gasteiger partial charge in [0.25, 0.3) is 0 Å². The molecule has 0 aliphatic carbocycles. The molecule has 0 spiro atoms. The van der Waals surface area contributed by atoms with Crippen LogP contribution in [0.25, 0.3) is 12.2 Å². The van der Waals surface area contributed by atoms with E-state index in [4.69, 9.17) is 5.90 Å². The minimum Gasteiger partial charge on any atom is -0.372 e. The molecule has 0 atom stereocenters. The van der Waals surface area contributed by atoms with E-state index in [-0.39, 0.29) is 0 Å². The van der Waals surface area contributed by atoms with Gasteiger partial charge < -0.3 is 9.74 Å². The van der Waals surface area contributed by atoms with E-state index in [9.17, 15) is 0 Å². The van der Waals surface area contributed by atoms with Crippen molar-refractivity contribution in [1.82, 2.24) is 0 Å². The van der Waals surface area contributed by atoms with E-state index in [0.29, 0.717) is 6.61 Å². The zero-order valence-electron chi connectivity index (χ0n) is 12.6. The summed E-state index contributed by atoms with van der Waals surface area (Å²) in [7, 11) is 4.03. The number of anilines is 1. The molecule has 0 aliphatic heterocycles. The first kappa shape index (κ1) is 15.2. The quantitative estimate of drug-likeness (QED) is 0.652. The Balaban J connectivity index is 2.00. The second kappa shape index (κ2) is 7.57. The van der Waals surface area contributed by atoms with Gasteiger partial charge in [0.2, 0.25) is 0 Å². The fourth-order valence-electron chi connectivity index (χ4n) is 1.97. The maximum atomic E-state index is 5.05. The predicted octanol–water partition coefficient (Wildman–Crippen LogP) is 2.01. The van der Waals surface area contributed by atoms with E-state index in [1.807, 2.05) is 31.1 Å². The number of hydrogen-bond acceptors (Lipinski definition) is 3. The number of pyridine rings is 1. The topological polar surface area (TPSA) is 42.4 Å². The van der Waals surface area contributed by atoms with Gasteiger partial charge in [0.05, 0.1) is 6.61 Å². The second-order valence-electron chi connectivity index (χ2n) is 5.01. The monoisotopic (exact) mass is 284 g/mol. The lowest BCUT2D eigenvalue weighted by atomic mass is 10.1. The van der Waals surface area contributed by atoms with Crippen LogP contribution < -0.4 is 15.4 Å². The summed E-state index contributed by atoms with van der Waals surface area (Å²) in [5.74, 6) is 5.05. The summed E-state index contributed by atoms with van der Waals surface area (Å²) < 4.78 is 2.02. The predicted molar refractivity (Wildman–Crippen MR) is 86.4 cm³/mol. The van der Waals surface area contributed by atoms with E-state index < -0.39 is 0 Å². The highest BCUT2D eigenvalue weighted by atomic mass is 16.6. The average Bonchev–Trinajstić information content (AvgIpc) is 2.52. The highest BCUT2D eigenvalue weighted by Gasteiger charge is 1.99. The van der Waals surface area contributed by atoms with Crippen molar-refractivity contribution in [2.75, 3.05) is 25.1 Å². The summed E-state index contributed by atoms with van der Waals surface area (Å²) in [5.41, 5.74) is 3.51. The molecule has 2 aromatic rings. The van der Waals surface area contributed by atoms with Gasteiger partial charge in [-0.3, -0.25) is 0 Å². The molecule has 0 aliphatic rings. The fraction of sp³-hybridized carbons (Fsp3) is 0.235. The first-order chi connectivity index (χ1) is 10.2. The molecule has 1 aromatic carbocycles. The molecule has 1 aromatic heterocycles. The zero-order valence-corrected chi connectivity index (χ0v) is 12.6. The number of rotatable bonds is 6. The van der Waals surface area contributed by atoms with E-state index in [2.05, 4.69) is 58.3 Å². The summed E-state index contributed by atoms with van der Waals surface area (Å²) in [6.07, 6.45) is 8.30. The van der Waals surface area contributed by atoms with Crippen LogP contribution in [-0.2, 0) is 11.9 Å². The minimum absolute atomic E-state index is 0.517. The number of aryl methyl sites for hydroxylation is 1.